The molecule has 2 saturated heterocycles. The molecule has 2 amide bonds. The van der Waals surface area contributed by atoms with Crippen molar-refractivity contribution >= 4 is 27.7 Å². The number of pyridine rings is 1. The van der Waals surface area contributed by atoms with E-state index in [1.54, 1.807) is 18.3 Å². The van der Waals surface area contributed by atoms with E-state index >= 15 is 0 Å². The minimum absolute atomic E-state index is 0.000897. The van der Waals surface area contributed by atoms with Crippen molar-refractivity contribution in [3.63, 3.8) is 0 Å². The highest BCUT2D eigenvalue weighted by Crippen LogP contribution is 2.20. The number of furan rings is 1. The van der Waals surface area contributed by atoms with Gasteiger partial charge in [-0.3, -0.25) is 9.59 Å². The normalized spacial score (nSPS) is 19.9. The van der Waals surface area contributed by atoms with Gasteiger partial charge in [-0.15, -0.1) is 0 Å². The minimum atomic E-state index is -3.50. The smallest absolute Gasteiger partial charge is 0.290 e. The van der Waals surface area contributed by atoms with Crippen LogP contribution < -0.4 is 10.2 Å². The highest BCUT2D eigenvalue weighted by Gasteiger charge is 2.34. The van der Waals surface area contributed by atoms with Gasteiger partial charge >= 0.3 is 0 Å². The second-order valence-electron chi connectivity index (χ2n) is 8.17. The molecule has 11 heteroatoms. The molecule has 1 N–H and O–H groups in total. The molecule has 33 heavy (non-hydrogen) atoms. The highest BCUT2D eigenvalue weighted by atomic mass is 32.2. The van der Waals surface area contributed by atoms with E-state index in [2.05, 4.69) is 15.2 Å². The van der Waals surface area contributed by atoms with Gasteiger partial charge in [0.2, 0.25) is 15.9 Å². The van der Waals surface area contributed by atoms with E-state index in [4.69, 9.17) is 4.42 Å². The fourth-order valence-corrected chi connectivity index (χ4v) is 5.61. The van der Waals surface area contributed by atoms with E-state index in [1.165, 1.54) is 15.5 Å². The SMILES string of the molecule is O=C(NCCS(=O)(=O)N1CCN(c2ccccn2)CC1)C1CCCCN1C(=O)c1ccco1. The predicted octanol–water partition coefficient (Wildman–Crippen LogP) is 0.938. The van der Waals surface area contributed by atoms with E-state index in [0.29, 0.717) is 39.1 Å². The number of carbonyl (C=O) groups is 2. The number of nitrogens with zero attached hydrogens (tertiary/aromatic N) is 4. The second kappa shape index (κ2) is 10.3. The molecule has 0 bridgehead atoms. The van der Waals surface area contributed by atoms with Crippen LogP contribution in [0.2, 0.25) is 0 Å². The first-order valence-corrected chi connectivity index (χ1v) is 12.8. The Kier molecular flexibility index (Phi) is 7.29. The number of carbonyl (C=O) groups excluding carboxylic acids is 2. The number of rotatable bonds is 7. The number of piperazine rings is 1. The van der Waals surface area contributed by atoms with Gasteiger partial charge < -0.3 is 19.5 Å². The Hall–Kier alpha value is -2.92. The Morgan fingerprint density at radius 1 is 1.06 bits per heavy atom. The molecular formula is C22H29N5O5S. The van der Waals surface area contributed by atoms with Gasteiger partial charge in [-0.05, 0) is 43.5 Å². The number of hydrogen-bond acceptors (Lipinski definition) is 7. The molecule has 2 aromatic rings. The zero-order valence-corrected chi connectivity index (χ0v) is 19.2. The summed E-state index contributed by atoms with van der Waals surface area (Å²) in [7, 11) is -3.50. The van der Waals surface area contributed by atoms with Gasteiger partial charge in [0, 0.05) is 45.5 Å². The molecule has 0 aliphatic carbocycles. The summed E-state index contributed by atoms with van der Waals surface area (Å²) >= 11 is 0. The van der Waals surface area contributed by atoms with Gasteiger partial charge in [-0.2, -0.15) is 4.31 Å². The van der Waals surface area contributed by atoms with Crippen LogP contribution in [0.5, 0.6) is 0 Å². The fraction of sp³-hybridized carbons (Fsp3) is 0.500. The standard InChI is InChI=1S/C22H29N5O5S/c28-21(18-6-2-4-11-27(18)22(29)19-7-5-16-32-19)24-10-17-33(30,31)26-14-12-25(13-15-26)20-8-1-3-9-23-20/h1,3,5,7-9,16,18H,2,4,6,10-15,17H2,(H,24,28). The maximum Gasteiger partial charge on any atom is 0.290 e. The van der Waals surface area contributed by atoms with Crippen LogP contribution in [-0.2, 0) is 14.8 Å². The Morgan fingerprint density at radius 3 is 2.58 bits per heavy atom. The zero-order valence-electron chi connectivity index (χ0n) is 18.4. The van der Waals surface area contributed by atoms with E-state index in [1.807, 2.05) is 18.2 Å². The van der Waals surface area contributed by atoms with Crippen molar-refractivity contribution in [2.45, 2.75) is 25.3 Å². The van der Waals surface area contributed by atoms with Crippen molar-refractivity contribution in [3.8, 4) is 0 Å². The van der Waals surface area contributed by atoms with Crippen LogP contribution in [0.1, 0.15) is 29.8 Å². The van der Waals surface area contributed by atoms with Crippen LogP contribution in [-0.4, -0.2) is 85.5 Å². The lowest BCUT2D eigenvalue weighted by Crippen LogP contribution is -2.53. The molecular weight excluding hydrogens is 446 g/mol. The second-order valence-corrected chi connectivity index (χ2v) is 10.3. The molecule has 2 aliphatic rings. The fourth-order valence-electron chi connectivity index (χ4n) is 4.28. The number of aromatic nitrogens is 1. The topological polar surface area (TPSA) is 116 Å². The average molecular weight is 476 g/mol. The summed E-state index contributed by atoms with van der Waals surface area (Å²) in [6.45, 7) is 2.35. The largest absolute Gasteiger partial charge is 0.459 e. The maximum atomic E-state index is 12.8. The summed E-state index contributed by atoms with van der Waals surface area (Å²) in [6.07, 6.45) is 5.33. The van der Waals surface area contributed by atoms with Crippen molar-refractivity contribution < 1.29 is 22.4 Å². The number of sulfonamides is 1. The highest BCUT2D eigenvalue weighted by molar-refractivity contribution is 7.89. The van der Waals surface area contributed by atoms with Crippen molar-refractivity contribution in [2.24, 2.45) is 0 Å². The molecule has 2 fully saturated rings. The van der Waals surface area contributed by atoms with E-state index < -0.39 is 16.1 Å². The third kappa shape index (κ3) is 5.53. The van der Waals surface area contributed by atoms with Crippen molar-refractivity contribution in [1.82, 2.24) is 19.5 Å². The Balaban J connectivity index is 1.27. The number of likely N-dealkylation sites (tertiary alicyclic amines) is 1. The van der Waals surface area contributed by atoms with Crippen LogP contribution in [0.4, 0.5) is 5.82 Å². The third-order valence-electron chi connectivity index (χ3n) is 6.06. The van der Waals surface area contributed by atoms with Crippen LogP contribution in [0.25, 0.3) is 0 Å². The molecule has 10 nitrogen and oxygen atoms in total. The van der Waals surface area contributed by atoms with Gasteiger partial charge in [0.1, 0.15) is 11.9 Å². The number of amides is 2. The number of anilines is 1. The summed E-state index contributed by atoms with van der Waals surface area (Å²) < 4.78 is 32.2. The summed E-state index contributed by atoms with van der Waals surface area (Å²) in [6, 6.07) is 8.24. The quantitative estimate of drug-likeness (QED) is 0.633. The van der Waals surface area contributed by atoms with E-state index in [-0.39, 0.29) is 29.9 Å². The Bertz CT molecular complexity index is 1040. The van der Waals surface area contributed by atoms with Crippen molar-refractivity contribution in [3.05, 3.63) is 48.6 Å². The molecule has 4 rings (SSSR count). The lowest BCUT2D eigenvalue weighted by Gasteiger charge is -2.35. The molecule has 0 aromatic carbocycles. The number of hydrogen-bond donors (Lipinski definition) is 1. The summed E-state index contributed by atoms with van der Waals surface area (Å²) in [4.78, 5) is 33.4. The van der Waals surface area contributed by atoms with Crippen LogP contribution >= 0.6 is 0 Å². The number of nitrogens with one attached hydrogen (secondary N) is 1. The minimum Gasteiger partial charge on any atom is -0.459 e. The van der Waals surface area contributed by atoms with Crippen LogP contribution in [0, 0.1) is 0 Å². The lowest BCUT2D eigenvalue weighted by atomic mass is 10.0. The molecule has 1 unspecified atom stereocenters. The zero-order chi connectivity index (χ0) is 23.3. The summed E-state index contributed by atoms with van der Waals surface area (Å²) in [5.74, 6) is 0.203. The monoisotopic (exact) mass is 475 g/mol. The Labute approximate surface area is 193 Å². The first kappa shape index (κ1) is 23.2. The predicted molar refractivity (Wildman–Crippen MR) is 122 cm³/mol. The maximum absolute atomic E-state index is 12.8. The Morgan fingerprint density at radius 2 is 1.88 bits per heavy atom. The van der Waals surface area contributed by atoms with Gasteiger partial charge in [0.05, 0.1) is 12.0 Å². The van der Waals surface area contributed by atoms with Gasteiger partial charge in [-0.25, -0.2) is 13.4 Å². The number of piperidine rings is 1. The first-order chi connectivity index (χ1) is 16.0. The molecule has 0 radical (unpaired) electrons. The molecule has 1 atom stereocenters. The molecule has 2 aliphatic heterocycles. The van der Waals surface area contributed by atoms with Crippen LogP contribution in [0.3, 0.4) is 0 Å². The molecule has 2 aromatic heterocycles. The van der Waals surface area contributed by atoms with E-state index in [9.17, 15) is 18.0 Å². The molecule has 178 valence electrons. The lowest BCUT2D eigenvalue weighted by molar-refractivity contribution is -0.126. The van der Waals surface area contributed by atoms with Gasteiger partial charge in [0.25, 0.3) is 5.91 Å². The molecule has 0 spiro atoms. The van der Waals surface area contributed by atoms with Gasteiger partial charge in [-0.1, -0.05) is 6.07 Å². The van der Waals surface area contributed by atoms with Crippen molar-refractivity contribution in [1.29, 1.82) is 0 Å². The molecule has 4 heterocycles. The van der Waals surface area contributed by atoms with Crippen molar-refractivity contribution in [2.75, 3.05) is 49.9 Å². The molecule has 0 saturated carbocycles. The summed E-state index contributed by atoms with van der Waals surface area (Å²) in [5.41, 5.74) is 0. The van der Waals surface area contributed by atoms with E-state index in [0.717, 1.165) is 18.7 Å². The first-order valence-electron chi connectivity index (χ1n) is 11.2. The third-order valence-corrected chi connectivity index (χ3v) is 7.93. The van der Waals surface area contributed by atoms with Crippen LogP contribution in [0.15, 0.2) is 47.2 Å². The average Bonchev–Trinajstić information content (AvgIpc) is 3.39. The van der Waals surface area contributed by atoms with Gasteiger partial charge in [0.15, 0.2) is 5.76 Å². The summed E-state index contributed by atoms with van der Waals surface area (Å²) in [5, 5.41) is 2.72.